The SMILES string of the molecule is CCC(=O)NNC1=CC(=O)CN1. The van der Waals surface area contributed by atoms with Crippen molar-refractivity contribution in [3.05, 3.63) is 11.9 Å². The average molecular weight is 169 g/mol. The highest BCUT2D eigenvalue weighted by Gasteiger charge is 2.09. The predicted molar refractivity (Wildman–Crippen MR) is 42.7 cm³/mol. The Morgan fingerprint density at radius 1 is 1.75 bits per heavy atom. The van der Waals surface area contributed by atoms with E-state index in [2.05, 4.69) is 16.2 Å². The first-order chi connectivity index (χ1) is 5.72. The Labute approximate surface area is 70.2 Å². The molecule has 1 amide bonds. The molecule has 12 heavy (non-hydrogen) atoms. The molecule has 3 N–H and O–H groups in total. The van der Waals surface area contributed by atoms with Gasteiger partial charge in [0.15, 0.2) is 5.78 Å². The molecule has 0 aromatic heterocycles. The molecular formula is C7H11N3O2. The van der Waals surface area contributed by atoms with Crippen molar-refractivity contribution >= 4 is 11.7 Å². The minimum absolute atomic E-state index is 0.00301. The molecule has 0 aromatic carbocycles. The Balaban J connectivity index is 2.28. The Hall–Kier alpha value is -1.52. The number of amides is 1. The van der Waals surface area contributed by atoms with Crippen molar-refractivity contribution in [2.24, 2.45) is 0 Å². The van der Waals surface area contributed by atoms with E-state index < -0.39 is 0 Å². The second-order valence-corrected chi connectivity index (χ2v) is 2.40. The van der Waals surface area contributed by atoms with Gasteiger partial charge in [0.05, 0.1) is 6.54 Å². The lowest BCUT2D eigenvalue weighted by Crippen LogP contribution is -2.39. The molecule has 0 aliphatic carbocycles. The van der Waals surface area contributed by atoms with Crippen LogP contribution in [0.3, 0.4) is 0 Å². The number of carbonyl (C=O) groups excluding carboxylic acids is 2. The molecule has 5 heteroatoms. The lowest BCUT2D eigenvalue weighted by Gasteiger charge is -2.07. The maximum Gasteiger partial charge on any atom is 0.238 e. The van der Waals surface area contributed by atoms with E-state index in [0.29, 0.717) is 18.8 Å². The number of hydrazine groups is 1. The van der Waals surface area contributed by atoms with E-state index in [4.69, 9.17) is 0 Å². The van der Waals surface area contributed by atoms with Crippen molar-refractivity contribution in [2.75, 3.05) is 6.54 Å². The summed E-state index contributed by atoms with van der Waals surface area (Å²) in [6, 6.07) is 0. The second-order valence-electron chi connectivity index (χ2n) is 2.40. The van der Waals surface area contributed by atoms with Gasteiger partial charge in [-0.25, -0.2) is 0 Å². The molecule has 5 nitrogen and oxygen atoms in total. The lowest BCUT2D eigenvalue weighted by molar-refractivity contribution is -0.121. The van der Waals surface area contributed by atoms with E-state index in [1.807, 2.05) is 0 Å². The number of hydrogen-bond donors (Lipinski definition) is 3. The summed E-state index contributed by atoms with van der Waals surface area (Å²) in [7, 11) is 0. The van der Waals surface area contributed by atoms with E-state index in [9.17, 15) is 9.59 Å². The van der Waals surface area contributed by atoms with Crippen LogP contribution in [0.25, 0.3) is 0 Å². The van der Waals surface area contributed by atoms with Crippen molar-refractivity contribution in [1.29, 1.82) is 0 Å². The van der Waals surface area contributed by atoms with Gasteiger partial charge in [0.25, 0.3) is 0 Å². The summed E-state index contributed by atoms with van der Waals surface area (Å²) < 4.78 is 0. The monoisotopic (exact) mass is 169 g/mol. The summed E-state index contributed by atoms with van der Waals surface area (Å²) in [4.78, 5) is 21.4. The fourth-order valence-corrected chi connectivity index (χ4v) is 0.751. The van der Waals surface area contributed by atoms with Crippen molar-refractivity contribution in [3.63, 3.8) is 0 Å². The van der Waals surface area contributed by atoms with Gasteiger partial charge in [0, 0.05) is 12.5 Å². The molecular weight excluding hydrogens is 158 g/mol. The molecule has 1 aliphatic heterocycles. The second kappa shape index (κ2) is 3.75. The van der Waals surface area contributed by atoms with Crippen LogP contribution in [0.5, 0.6) is 0 Å². The maximum atomic E-state index is 10.7. The molecule has 0 fully saturated rings. The fraction of sp³-hybridized carbons (Fsp3) is 0.429. The standard InChI is InChI=1S/C7H11N3O2/c1-2-7(12)10-9-6-3-5(11)4-8-6/h3,8-9H,2,4H2,1H3,(H,10,12). The van der Waals surface area contributed by atoms with Gasteiger partial charge in [-0.2, -0.15) is 0 Å². The van der Waals surface area contributed by atoms with Crippen molar-refractivity contribution in [1.82, 2.24) is 16.2 Å². The molecule has 0 saturated carbocycles. The highest BCUT2D eigenvalue weighted by Crippen LogP contribution is 1.91. The summed E-state index contributed by atoms with van der Waals surface area (Å²) in [5, 5.41) is 2.77. The van der Waals surface area contributed by atoms with Crippen LogP contribution >= 0.6 is 0 Å². The molecule has 0 aromatic rings. The summed E-state index contributed by atoms with van der Waals surface area (Å²) in [5.74, 6) is 0.432. The molecule has 0 bridgehead atoms. The van der Waals surface area contributed by atoms with Crippen molar-refractivity contribution in [2.45, 2.75) is 13.3 Å². The zero-order chi connectivity index (χ0) is 8.97. The van der Waals surface area contributed by atoms with Crippen LogP contribution in [0.4, 0.5) is 0 Å². The van der Waals surface area contributed by atoms with E-state index in [0.717, 1.165) is 0 Å². The Kier molecular flexibility index (Phi) is 2.68. The molecule has 0 radical (unpaired) electrons. The molecule has 0 spiro atoms. The average Bonchev–Trinajstić information content (AvgIpc) is 2.47. The number of rotatable bonds is 3. The van der Waals surface area contributed by atoms with Gasteiger partial charge >= 0.3 is 0 Å². The summed E-state index contributed by atoms with van der Waals surface area (Å²) in [6.45, 7) is 2.04. The Morgan fingerprint density at radius 2 is 2.50 bits per heavy atom. The van der Waals surface area contributed by atoms with Gasteiger partial charge in [-0.05, 0) is 0 Å². The van der Waals surface area contributed by atoms with Gasteiger partial charge in [0.2, 0.25) is 5.91 Å². The lowest BCUT2D eigenvalue weighted by atomic mass is 10.4. The fourth-order valence-electron chi connectivity index (χ4n) is 0.751. The predicted octanol–water partition coefficient (Wildman–Crippen LogP) is -0.969. The van der Waals surface area contributed by atoms with Crippen LogP contribution in [-0.2, 0) is 9.59 Å². The molecule has 66 valence electrons. The third-order valence-corrected chi connectivity index (χ3v) is 1.42. The first-order valence-corrected chi connectivity index (χ1v) is 3.75. The number of hydrogen-bond acceptors (Lipinski definition) is 4. The van der Waals surface area contributed by atoms with Crippen LogP contribution in [-0.4, -0.2) is 18.2 Å². The Bertz CT molecular complexity index is 235. The molecule has 1 rings (SSSR count). The number of carbonyl (C=O) groups is 2. The van der Waals surface area contributed by atoms with Crippen LogP contribution in [0.2, 0.25) is 0 Å². The van der Waals surface area contributed by atoms with Crippen LogP contribution in [0.15, 0.2) is 11.9 Å². The third-order valence-electron chi connectivity index (χ3n) is 1.42. The third kappa shape index (κ3) is 2.26. The molecule has 0 atom stereocenters. The Morgan fingerprint density at radius 3 is 3.00 bits per heavy atom. The van der Waals surface area contributed by atoms with Gasteiger partial charge in [-0.3, -0.25) is 20.4 Å². The largest absolute Gasteiger partial charge is 0.363 e. The van der Waals surface area contributed by atoms with Crippen LogP contribution < -0.4 is 16.2 Å². The highest BCUT2D eigenvalue weighted by atomic mass is 16.2. The smallest absolute Gasteiger partial charge is 0.238 e. The zero-order valence-electron chi connectivity index (χ0n) is 6.81. The van der Waals surface area contributed by atoms with E-state index >= 15 is 0 Å². The van der Waals surface area contributed by atoms with E-state index in [1.54, 1.807) is 6.92 Å². The number of ketones is 1. The van der Waals surface area contributed by atoms with Gasteiger partial charge in [-0.15, -0.1) is 0 Å². The highest BCUT2D eigenvalue weighted by molar-refractivity contribution is 5.94. The summed E-state index contributed by atoms with van der Waals surface area (Å²) in [6.07, 6.45) is 1.82. The molecule has 0 saturated heterocycles. The number of nitrogens with one attached hydrogen (secondary N) is 3. The first kappa shape index (κ1) is 8.58. The first-order valence-electron chi connectivity index (χ1n) is 3.75. The van der Waals surface area contributed by atoms with Crippen LogP contribution in [0.1, 0.15) is 13.3 Å². The van der Waals surface area contributed by atoms with Gasteiger partial charge in [0.1, 0.15) is 5.82 Å². The minimum atomic E-state index is -0.114. The van der Waals surface area contributed by atoms with Crippen molar-refractivity contribution in [3.8, 4) is 0 Å². The van der Waals surface area contributed by atoms with Crippen molar-refractivity contribution < 1.29 is 9.59 Å². The van der Waals surface area contributed by atoms with E-state index in [-0.39, 0.29) is 11.7 Å². The summed E-state index contributed by atoms with van der Waals surface area (Å²) >= 11 is 0. The molecule has 1 heterocycles. The maximum absolute atomic E-state index is 10.7. The molecule has 1 aliphatic rings. The zero-order valence-corrected chi connectivity index (χ0v) is 6.81. The van der Waals surface area contributed by atoms with E-state index in [1.165, 1.54) is 6.08 Å². The normalized spacial score (nSPS) is 15.1. The summed E-state index contributed by atoms with van der Waals surface area (Å²) in [5.41, 5.74) is 5.02. The van der Waals surface area contributed by atoms with Crippen LogP contribution in [0, 0.1) is 0 Å². The topological polar surface area (TPSA) is 70.2 Å². The minimum Gasteiger partial charge on any atom is -0.363 e. The quantitative estimate of drug-likeness (QED) is 0.475. The van der Waals surface area contributed by atoms with Gasteiger partial charge < -0.3 is 5.32 Å². The van der Waals surface area contributed by atoms with Gasteiger partial charge in [-0.1, -0.05) is 6.92 Å². The molecule has 0 unspecified atom stereocenters.